The lowest BCUT2D eigenvalue weighted by atomic mass is 9.77. The molecule has 6 nitrogen and oxygen atoms in total. The molecular weight excluding hydrogens is 284 g/mol. The molecule has 22 heavy (non-hydrogen) atoms. The quantitative estimate of drug-likeness (QED) is 0.758. The zero-order valence-electron chi connectivity index (χ0n) is 12.8. The Labute approximate surface area is 129 Å². The topological polar surface area (TPSA) is 70.1 Å². The lowest BCUT2D eigenvalue weighted by molar-refractivity contribution is -0.148. The molecule has 3 fully saturated rings. The van der Waals surface area contributed by atoms with Gasteiger partial charge in [0.05, 0.1) is 18.6 Å². The summed E-state index contributed by atoms with van der Waals surface area (Å²) < 4.78 is 5.91. The van der Waals surface area contributed by atoms with Crippen LogP contribution in [0.4, 0.5) is 0 Å². The number of nitrogens with zero attached hydrogens (tertiary/aromatic N) is 2. The summed E-state index contributed by atoms with van der Waals surface area (Å²) in [5, 5.41) is 9.45. The van der Waals surface area contributed by atoms with Crippen LogP contribution in [0.1, 0.15) is 19.8 Å². The van der Waals surface area contributed by atoms with E-state index in [1.165, 1.54) is 6.42 Å². The first-order valence-electron chi connectivity index (χ1n) is 8.18. The largest absolute Gasteiger partial charge is 0.481 e. The first-order valence-corrected chi connectivity index (χ1v) is 8.18. The molecule has 1 spiro atoms. The molecule has 120 valence electrons. The molecule has 4 aliphatic rings. The highest BCUT2D eigenvalue weighted by atomic mass is 16.5. The average molecular weight is 306 g/mol. The van der Waals surface area contributed by atoms with E-state index in [2.05, 4.69) is 11.8 Å². The number of likely N-dealkylation sites (tertiary alicyclic amines) is 2. The van der Waals surface area contributed by atoms with Crippen LogP contribution < -0.4 is 0 Å². The number of ether oxygens (including phenoxy) is 1. The molecule has 1 N–H and O–H groups in total. The van der Waals surface area contributed by atoms with Gasteiger partial charge in [0.2, 0.25) is 5.91 Å². The Morgan fingerprint density at radius 2 is 2.36 bits per heavy atom. The molecule has 6 heteroatoms. The van der Waals surface area contributed by atoms with E-state index in [0.29, 0.717) is 19.1 Å². The van der Waals surface area contributed by atoms with Gasteiger partial charge in [-0.3, -0.25) is 14.5 Å². The highest BCUT2D eigenvalue weighted by Crippen LogP contribution is 2.51. The Morgan fingerprint density at radius 1 is 1.55 bits per heavy atom. The smallest absolute Gasteiger partial charge is 0.310 e. The lowest BCUT2D eigenvalue weighted by Crippen LogP contribution is -2.43. The summed E-state index contributed by atoms with van der Waals surface area (Å²) in [6.45, 7) is 5.43. The fourth-order valence-electron chi connectivity index (χ4n) is 4.79. The third kappa shape index (κ3) is 1.80. The van der Waals surface area contributed by atoms with E-state index < -0.39 is 29.5 Å². The molecule has 0 radical (unpaired) electrons. The van der Waals surface area contributed by atoms with Gasteiger partial charge in [0.15, 0.2) is 0 Å². The number of carbonyl (C=O) groups is 2. The zero-order chi connectivity index (χ0) is 15.5. The number of carbonyl (C=O) groups excluding carboxylic acids is 1. The summed E-state index contributed by atoms with van der Waals surface area (Å²) in [5.41, 5.74) is -0.694. The van der Waals surface area contributed by atoms with Crippen LogP contribution in [0.15, 0.2) is 12.2 Å². The average Bonchev–Trinajstić information content (AvgIpc) is 3.21. The number of fused-ring (bicyclic) bond motifs is 1. The maximum absolute atomic E-state index is 12.8. The minimum absolute atomic E-state index is 0.0396. The molecular formula is C16H22N2O4. The molecule has 0 aromatic rings. The molecule has 4 aliphatic heterocycles. The van der Waals surface area contributed by atoms with Crippen molar-refractivity contribution in [1.82, 2.24) is 9.80 Å². The summed E-state index contributed by atoms with van der Waals surface area (Å²) in [4.78, 5) is 28.6. The monoisotopic (exact) mass is 306 g/mol. The second kappa shape index (κ2) is 4.80. The third-order valence-electron chi connectivity index (χ3n) is 5.80. The van der Waals surface area contributed by atoms with Crippen molar-refractivity contribution in [3.63, 3.8) is 0 Å². The second-order valence-corrected chi connectivity index (χ2v) is 6.88. The SMILES string of the molecule is CCN1CCC[C@H]1CN1C[C@@]23C=C[C@H](O2)[C@@H](C(=O)O)[C@@H]3C1=O. The van der Waals surface area contributed by atoms with Gasteiger partial charge in [0.1, 0.15) is 11.5 Å². The van der Waals surface area contributed by atoms with Crippen molar-refractivity contribution in [1.29, 1.82) is 0 Å². The molecule has 4 rings (SSSR count). The molecule has 0 aliphatic carbocycles. The van der Waals surface area contributed by atoms with E-state index in [1.807, 2.05) is 17.1 Å². The molecule has 0 saturated carbocycles. The normalized spacial score (nSPS) is 43.3. The standard InChI is InChI=1S/C16H22N2O4/c1-2-17-7-3-4-10(17)8-18-9-16-6-5-11(22-16)12(15(20)21)13(16)14(18)19/h5-6,10-13H,2-4,7-9H2,1H3,(H,20,21)/t10-,11-,12+,13+,16+/m0/s1. The van der Waals surface area contributed by atoms with Gasteiger partial charge in [-0.2, -0.15) is 0 Å². The summed E-state index contributed by atoms with van der Waals surface area (Å²) in [6.07, 6.45) is 5.58. The van der Waals surface area contributed by atoms with Crippen molar-refractivity contribution < 1.29 is 19.4 Å². The highest BCUT2D eigenvalue weighted by molar-refractivity contribution is 5.90. The fraction of sp³-hybridized carbons (Fsp3) is 0.750. The van der Waals surface area contributed by atoms with E-state index in [4.69, 9.17) is 4.74 Å². The van der Waals surface area contributed by atoms with E-state index in [1.54, 1.807) is 0 Å². The number of amides is 1. The van der Waals surface area contributed by atoms with Crippen molar-refractivity contribution in [2.45, 2.75) is 37.5 Å². The third-order valence-corrected chi connectivity index (χ3v) is 5.80. The van der Waals surface area contributed by atoms with Crippen molar-refractivity contribution in [3.05, 3.63) is 12.2 Å². The van der Waals surface area contributed by atoms with Crippen LogP contribution in [0.3, 0.4) is 0 Å². The second-order valence-electron chi connectivity index (χ2n) is 6.88. The van der Waals surface area contributed by atoms with Crippen LogP contribution in [-0.4, -0.2) is 70.7 Å². The number of rotatable bonds is 4. The molecule has 0 aromatic carbocycles. The Balaban J connectivity index is 1.55. The van der Waals surface area contributed by atoms with E-state index >= 15 is 0 Å². The molecule has 0 aromatic heterocycles. The van der Waals surface area contributed by atoms with E-state index in [-0.39, 0.29) is 5.91 Å². The van der Waals surface area contributed by atoms with Gasteiger partial charge in [-0.25, -0.2) is 0 Å². The maximum atomic E-state index is 12.8. The predicted octanol–water partition coefficient (Wildman–Crippen LogP) is 0.337. The Bertz CT molecular complexity index is 548. The van der Waals surface area contributed by atoms with Gasteiger partial charge in [0, 0.05) is 12.6 Å². The minimum Gasteiger partial charge on any atom is -0.481 e. The lowest BCUT2D eigenvalue weighted by Gasteiger charge is -2.29. The number of carboxylic acid groups (broad SMARTS) is 1. The first kappa shape index (κ1) is 14.2. The van der Waals surface area contributed by atoms with Crippen LogP contribution >= 0.6 is 0 Å². The van der Waals surface area contributed by atoms with Crippen LogP contribution in [0.2, 0.25) is 0 Å². The number of hydrogen-bond donors (Lipinski definition) is 1. The van der Waals surface area contributed by atoms with Crippen LogP contribution in [-0.2, 0) is 14.3 Å². The number of likely N-dealkylation sites (N-methyl/N-ethyl adjacent to an activating group) is 1. The van der Waals surface area contributed by atoms with Gasteiger partial charge in [-0.15, -0.1) is 0 Å². The van der Waals surface area contributed by atoms with Crippen LogP contribution in [0.5, 0.6) is 0 Å². The van der Waals surface area contributed by atoms with Gasteiger partial charge < -0.3 is 14.7 Å². The summed E-state index contributed by atoms with van der Waals surface area (Å²) in [5.74, 6) is -2.24. The Morgan fingerprint density at radius 3 is 3.09 bits per heavy atom. The molecule has 5 atom stereocenters. The molecule has 2 bridgehead atoms. The highest BCUT2D eigenvalue weighted by Gasteiger charge is 2.67. The Hall–Kier alpha value is -1.40. The number of aliphatic carboxylic acids is 1. The number of carboxylic acids is 1. The van der Waals surface area contributed by atoms with Crippen molar-refractivity contribution in [2.75, 3.05) is 26.2 Å². The summed E-state index contributed by atoms with van der Waals surface area (Å²) >= 11 is 0. The van der Waals surface area contributed by atoms with Crippen LogP contribution in [0.25, 0.3) is 0 Å². The fourth-order valence-corrected chi connectivity index (χ4v) is 4.79. The molecule has 1 amide bonds. The van der Waals surface area contributed by atoms with Crippen molar-refractivity contribution >= 4 is 11.9 Å². The minimum atomic E-state index is -0.924. The summed E-state index contributed by atoms with van der Waals surface area (Å²) in [6, 6.07) is 0.397. The Kier molecular flexibility index (Phi) is 3.10. The zero-order valence-corrected chi connectivity index (χ0v) is 12.8. The van der Waals surface area contributed by atoms with Gasteiger partial charge in [0.25, 0.3) is 0 Å². The molecule has 4 heterocycles. The molecule has 3 saturated heterocycles. The van der Waals surface area contributed by atoms with Gasteiger partial charge in [-0.1, -0.05) is 19.1 Å². The number of hydrogen-bond acceptors (Lipinski definition) is 4. The van der Waals surface area contributed by atoms with Gasteiger partial charge >= 0.3 is 5.97 Å². The van der Waals surface area contributed by atoms with E-state index in [9.17, 15) is 14.7 Å². The van der Waals surface area contributed by atoms with E-state index in [0.717, 1.165) is 19.5 Å². The van der Waals surface area contributed by atoms with Crippen LogP contribution in [0, 0.1) is 11.8 Å². The van der Waals surface area contributed by atoms with Crippen molar-refractivity contribution in [3.8, 4) is 0 Å². The maximum Gasteiger partial charge on any atom is 0.310 e. The predicted molar refractivity (Wildman–Crippen MR) is 78.2 cm³/mol. The first-order chi connectivity index (χ1) is 10.6. The van der Waals surface area contributed by atoms with Gasteiger partial charge in [-0.05, 0) is 25.9 Å². The molecule has 0 unspecified atom stereocenters. The van der Waals surface area contributed by atoms with Crippen molar-refractivity contribution in [2.24, 2.45) is 11.8 Å². The summed E-state index contributed by atoms with van der Waals surface area (Å²) in [7, 11) is 0.